The normalized spacial score (nSPS) is 9.93. The van der Waals surface area contributed by atoms with Gasteiger partial charge in [0, 0.05) is 25.1 Å². The number of halogens is 1. The minimum absolute atomic E-state index is 0.641. The first-order valence-electron chi connectivity index (χ1n) is 4.59. The van der Waals surface area contributed by atoms with Crippen molar-refractivity contribution in [1.29, 1.82) is 0 Å². The van der Waals surface area contributed by atoms with Crippen LogP contribution in [0.25, 0.3) is 0 Å². The summed E-state index contributed by atoms with van der Waals surface area (Å²) in [6.45, 7) is 0.711. The van der Waals surface area contributed by atoms with Crippen molar-refractivity contribution in [3.63, 3.8) is 0 Å². The Kier molecular flexibility index (Phi) is 3.15. The van der Waals surface area contributed by atoms with Crippen molar-refractivity contribution in [2.75, 3.05) is 5.32 Å². The van der Waals surface area contributed by atoms with Crippen molar-refractivity contribution in [2.24, 2.45) is 0 Å². The number of anilines is 1. The third-order valence-electron chi connectivity index (χ3n) is 1.92. The lowest BCUT2D eigenvalue weighted by atomic mass is 10.3. The molecule has 0 amide bonds. The van der Waals surface area contributed by atoms with E-state index < -0.39 is 0 Å². The molecule has 0 aromatic carbocycles. The SMILES string of the molecule is Clc1ccc(NCc2cccnc2)nc1. The minimum atomic E-state index is 0.641. The van der Waals surface area contributed by atoms with Crippen molar-refractivity contribution in [3.8, 4) is 0 Å². The van der Waals surface area contributed by atoms with Gasteiger partial charge in [0.1, 0.15) is 5.82 Å². The van der Waals surface area contributed by atoms with Gasteiger partial charge in [-0.2, -0.15) is 0 Å². The molecule has 15 heavy (non-hydrogen) atoms. The van der Waals surface area contributed by atoms with E-state index >= 15 is 0 Å². The summed E-state index contributed by atoms with van der Waals surface area (Å²) in [7, 11) is 0. The van der Waals surface area contributed by atoms with Gasteiger partial charge in [-0.3, -0.25) is 4.98 Å². The molecule has 0 radical (unpaired) electrons. The summed E-state index contributed by atoms with van der Waals surface area (Å²) in [6, 6.07) is 7.57. The lowest BCUT2D eigenvalue weighted by Crippen LogP contribution is -2.00. The summed E-state index contributed by atoms with van der Waals surface area (Å²) in [5.74, 6) is 0.809. The number of rotatable bonds is 3. The summed E-state index contributed by atoms with van der Waals surface area (Å²) in [4.78, 5) is 8.16. The molecular formula is C11H10ClN3. The van der Waals surface area contributed by atoms with Crippen LogP contribution >= 0.6 is 11.6 Å². The molecule has 0 saturated carbocycles. The van der Waals surface area contributed by atoms with Crippen LogP contribution in [0.5, 0.6) is 0 Å². The molecule has 0 aliphatic carbocycles. The smallest absolute Gasteiger partial charge is 0.126 e. The monoisotopic (exact) mass is 219 g/mol. The average Bonchev–Trinajstić information content (AvgIpc) is 2.30. The molecular weight excluding hydrogens is 210 g/mol. The van der Waals surface area contributed by atoms with Gasteiger partial charge in [-0.15, -0.1) is 0 Å². The van der Waals surface area contributed by atoms with E-state index in [0.717, 1.165) is 11.4 Å². The molecule has 2 aromatic rings. The Morgan fingerprint density at radius 3 is 2.80 bits per heavy atom. The number of hydrogen-bond donors (Lipinski definition) is 1. The van der Waals surface area contributed by atoms with E-state index in [0.29, 0.717) is 11.6 Å². The zero-order chi connectivity index (χ0) is 10.5. The molecule has 0 aliphatic heterocycles. The molecule has 76 valence electrons. The third-order valence-corrected chi connectivity index (χ3v) is 2.15. The number of nitrogens with zero attached hydrogens (tertiary/aromatic N) is 2. The molecule has 2 rings (SSSR count). The van der Waals surface area contributed by atoms with Crippen LogP contribution < -0.4 is 5.32 Å². The van der Waals surface area contributed by atoms with E-state index in [4.69, 9.17) is 11.6 Å². The third kappa shape index (κ3) is 2.92. The van der Waals surface area contributed by atoms with E-state index in [-0.39, 0.29) is 0 Å². The van der Waals surface area contributed by atoms with E-state index in [1.54, 1.807) is 18.5 Å². The van der Waals surface area contributed by atoms with Crippen molar-refractivity contribution in [3.05, 3.63) is 53.4 Å². The molecule has 2 aromatic heterocycles. The van der Waals surface area contributed by atoms with E-state index in [1.807, 2.05) is 24.4 Å². The topological polar surface area (TPSA) is 37.8 Å². The average molecular weight is 220 g/mol. The van der Waals surface area contributed by atoms with Crippen LogP contribution in [0.15, 0.2) is 42.9 Å². The van der Waals surface area contributed by atoms with Crippen LogP contribution in [0.4, 0.5) is 5.82 Å². The maximum atomic E-state index is 5.73. The molecule has 3 nitrogen and oxygen atoms in total. The van der Waals surface area contributed by atoms with Gasteiger partial charge in [-0.1, -0.05) is 17.7 Å². The number of hydrogen-bond acceptors (Lipinski definition) is 3. The molecule has 0 saturated heterocycles. The fraction of sp³-hybridized carbons (Fsp3) is 0.0909. The van der Waals surface area contributed by atoms with Crippen molar-refractivity contribution < 1.29 is 0 Å². The maximum Gasteiger partial charge on any atom is 0.126 e. The van der Waals surface area contributed by atoms with Crippen LogP contribution in [0.3, 0.4) is 0 Å². The predicted molar refractivity (Wildman–Crippen MR) is 60.8 cm³/mol. The Morgan fingerprint density at radius 1 is 1.20 bits per heavy atom. The van der Waals surface area contributed by atoms with Crippen LogP contribution in [0.2, 0.25) is 5.02 Å². The van der Waals surface area contributed by atoms with Gasteiger partial charge < -0.3 is 5.32 Å². The van der Waals surface area contributed by atoms with Crippen molar-refractivity contribution in [1.82, 2.24) is 9.97 Å². The molecule has 0 atom stereocenters. The standard InChI is InChI=1S/C11H10ClN3/c12-10-3-4-11(15-8-10)14-7-9-2-1-5-13-6-9/h1-6,8H,7H2,(H,14,15). The minimum Gasteiger partial charge on any atom is -0.366 e. The Labute approximate surface area is 93.1 Å². The molecule has 0 spiro atoms. The largest absolute Gasteiger partial charge is 0.366 e. The van der Waals surface area contributed by atoms with Crippen LogP contribution in [-0.4, -0.2) is 9.97 Å². The zero-order valence-corrected chi connectivity index (χ0v) is 8.78. The number of nitrogens with one attached hydrogen (secondary N) is 1. The highest BCUT2D eigenvalue weighted by atomic mass is 35.5. The summed E-state index contributed by atoms with van der Waals surface area (Å²) in [5, 5.41) is 3.82. The van der Waals surface area contributed by atoms with Gasteiger partial charge in [0.2, 0.25) is 0 Å². The highest BCUT2D eigenvalue weighted by Crippen LogP contribution is 2.10. The highest BCUT2D eigenvalue weighted by molar-refractivity contribution is 6.30. The Bertz CT molecular complexity index is 414. The number of pyridine rings is 2. The maximum absolute atomic E-state index is 5.73. The molecule has 0 fully saturated rings. The van der Waals surface area contributed by atoms with Gasteiger partial charge in [-0.25, -0.2) is 4.98 Å². The van der Waals surface area contributed by atoms with Crippen molar-refractivity contribution >= 4 is 17.4 Å². The van der Waals surface area contributed by atoms with Crippen LogP contribution in [0, 0.1) is 0 Å². The predicted octanol–water partition coefficient (Wildman–Crippen LogP) is 2.74. The lowest BCUT2D eigenvalue weighted by Gasteiger charge is -2.04. The fourth-order valence-corrected chi connectivity index (χ4v) is 1.29. The molecule has 2 heterocycles. The molecule has 4 heteroatoms. The Hall–Kier alpha value is -1.61. The Morgan fingerprint density at radius 2 is 2.13 bits per heavy atom. The van der Waals surface area contributed by atoms with Gasteiger partial charge >= 0.3 is 0 Å². The van der Waals surface area contributed by atoms with Gasteiger partial charge in [0.15, 0.2) is 0 Å². The number of aromatic nitrogens is 2. The summed E-state index contributed by atoms with van der Waals surface area (Å²) in [6.07, 6.45) is 5.19. The zero-order valence-electron chi connectivity index (χ0n) is 8.02. The molecule has 0 aliphatic rings. The van der Waals surface area contributed by atoms with Crippen molar-refractivity contribution in [2.45, 2.75) is 6.54 Å². The Balaban J connectivity index is 1.96. The second-order valence-corrected chi connectivity index (χ2v) is 3.51. The molecule has 1 N–H and O–H groups in total. The lowest BCUT2D eigenvalue weighted by molar-refractivity contribution is 1.09. The second kappa shape index (κ2) is 4.75. The summed E-state index contributed by atoms with van der Waals surface area (Å²) < 4.78 is 0. The van der Waals surface area contributed by atoms with Crippen LogP contribution in [-0.2, 0) is 6.54 Å². The van der Waals surface area contributed by atoms with E-state index in [9.17, 15) is 0 Å². The summed E-state index contributed by atoms with van der Waals surface area (Å²) >= 11 is 5.73. The van der Waals surface area contributed by atoms with Gasteiger partial charge in [0.25, 0.3) is 0 Å². The first-order valence-corrected chi connectivity index (χ1v) is 4.97. The first-order chi connectivity index (χ1) is 7.34. The second-order valence-electron chi connectivity index (χ2n) is 3.08. The quantitative estimate of drug-likeness (QED) is 0.863. The van der Waals surface area contributed by atoms with E-state index in [2.05, 4.69) is 15.3 Å². The molecule has 0 unspecified atom stereocenters. The van der Waals surface area contributed by atoms with Gasteiger partial charge in [0.05, 0.1) is 5.02 Å². The van der Waals surface area contributed by atoms with Gasteiger partial charge in [-0.05, 0) is 23.8 Å². The summed E-state index contributed by atoms with van der Waals surface area (Å²) in [5.41, 5.74) is 1.12. The molecule has 0 bridgehead atoms. The first kappa shape index (κ1) is 9.93. The highest BCUT2D eigenvalue weighted by Gasteiger charge is 1.94. The fourth-order valence-electron chi connectivity index (χ4n) is 1.18. The van der Waals surface area contributed by atoms with E-state index in [1.165, 1.54) is 0 Å². The van der Waals surface area contributed by atoms with Crippen LogP contribution in [0.1, 0.15) is 5.56 Å².